The molecule has 1 aliphatic carbocycles. The number of nitrogens with one attached hydrogen (secondary N) is 1. The average molecular weight is 233 g/mol. The summed E-state index contributed by atoms with van der Waals surface area (Å²) in [6.45, 7) is 6.88. The molecule has 0 aromatic rings. The quantitative estimate of drug-likeness (QED) is 0.758. The van der Waals surface area contributed by atoms with E-state index in [1.54, 1.807) is 6.92 Å². The predicted octanol–water partition coefficient (Wildman–Crippen LogP) is 1.59. The van der Waals surface area contributed by atoms with Crippen LogP contribution in [0.2, 0.25) is 0 Å². The molecule has 0 bridgehead atoms. The van der Waals surface area contributed by atoms with Crippen LogP contribution < -0.4 is 5.32 Å². The third kappa shape index (κ3) is 4.11. The Morgan fingerprint density at radius 1 is 1.40 bits per heavy atom. The van der Waals surface area contributed by atoms with Crippen molar-refractivity contribution in [1.82, 2.24) is 5.32 Å². The molecular weight excluding hydrogens is 210 g/mol. The molecule has 15 heavy (non-hydrogen) atoms. The molecule has 0 saturated heterocycles. The van der Waals surface area contributed by atoms with Crippen molar-refractivity contribution in [1.29, 1.82) is 0 Å². The molecule has 1 N–H and O–H groups in total. The van der Waals surface area contributed by atoms with E-state index in [1.807, 2.05) is 6.92 Å². The molecule has 4 heteroatoms. The Kier molecular flexibility index (Phi) is 4.18. The Morgan fingerprint density at radius 2 is 2.00 bits per heavy atom. The van der Waals surface area contributed by atoms with Gasteiger partial charge < -0.3 is 5.32 Å². The molecule has 1 aliphatic rings. The van der Waals surface area contributed by atoms with Gasteiger partial charge in [0, 0.05) is 18.3 Å². The Balaban J connectivity index is 2.27. The maximum absolute atomic E-state index is 11.4. The van der Waals surface area contributed by atoms with E-state index in [4.69, 9.17) is 0 Å². The van der Waals surface area contributed by atoms with Crippen LogP contribution in [-0.4, -0.2) is 32.5 Å². The van der Waals surface area contributed by atoms with Gasteiger partial charge in [-0.25, -0.2) is 8.42 Å². The van der Waals surface area contributed by atoms with Crippen LogP contribution in [0.15, 0.2) is 0 Å². The van der Waals surface area contributed by atoms with Gasteiger partial charge in [-0.3, -0.25) is 0 Å². The standard InChI is InChI=1S/C11H23NO2S/c1-4-15(13,14)8-10(2)12-9-11(3)6-5-7-11/h10,12H,4-9H2,1-3H3. The highest BCUT2D eigenvalue weighted by atomic mass is 32.2. The summed E-state index contributed by atoms with van der Waals surface area (Å²) < 4.78 is 22.8. The van der Waals surface area contributed by atoms with E-state index in [-0.39, 0.29) is 17.5 Å². The number of hydrogen-bond acceptors (Lipinski definition) is 3. The Hall–Kier alpha value is -0.0900. The molecule has 1 rings (SSSR count). The molecule has 3 nitrogen and oxygen atoms in total. The SMILES string of the molecule is CCS(=O)(=O)CC(C)NCC1(C)CCC1. The summed E-state index contributed by atoms with van der Waals surface area (Å²) in [6, 6.07) is 0.0763. The van der Waals surface area contributed by atoms with Crippen LogP contribution >= 0.6 is 0 Å². The van der Waals surface area contributed by atoms with Crippen molar-refractivity contribution in [2.45, 2.75) is 46.1 Å². The minimum Gasteiger partial charge on any atom is -0.313 e. The minimum absolute atomic E-state index is 0.0763. The van der Waals surface area contributed by atoms with Gasteiger partial charge >= 0.3 is 0 Å². The summed E-state index contributed by atoms with van der Waals surface area (Å²) in [5.74, 6) is 0.510. The van der Waals surface area contributed by atoms with Gasteiger partial charge in [0.2, 0.25) is 0 Å². The van der Waals surface area contributed by atoms with Crippen molar-refractivity contribution < 1.29 is 8.42 Å². The lowest BCUT2D eigenvalue weighted by Gasteiger charge is -2.39. The highest BCUT2D eigenvalue weighted by Gasteiger charge is 2.31. The molecule has 1 saturated carbocycles. The molecule has 1 unspecified atom stereocenters. The minimum atomic E-state index is -2.84. The summed E-state index contributed by atoms with van der Waals surface area (Å²) in [5.41, 5.74) is 0.421. The molecule has 0 heterocycles. The van der Waals surface area contributed by atoms with Crippen LogP contribution in [0, 0.1) is 5.41 Å². The van der Waals surface area contributed by atoms with Crippen molar-refractivity contribution in [3.63, 3.8) is 0 Å². The van der Waals surface area contributed by atoms with E-state index < -0.39 is 9.84 Å². The third-order valence-electron chi connectivity index (χ3n) is 3.38. The van der Waals surface area contributed by atoms with E-state index in [2.05, 4.69) is 12.2 Å². The van der Waals surface area contributed by atoms with Crippen LogP contribution in [0.1, 0.15) is 40.0 Å². The molecule has 0 amide bonds. The highest BCUT2D eigenvalue weighted by Crippen LogP contribution is 2.39. The Morgan fingerprint density at radius 3 is 2.40 bits per heavy atom. The number of hydrogen-bond donors (Lipinski definition) is 1. The van der Waals surface area contributed by atoms with Crippen LogP contribution in [-0.2, 0) is 9.84 Å². The fourth-order valence-corrected chi connectivity index (χ4v) is 3.05. The van der Waals surface area contributed by atoms with Crippen molar-refractivity contribution in [3.05, 3.63) is 0 Å². The zero-order chi connectivity index (χ0) is 11.5. The Bertz CT molecular complexity index is 294. The van der Waals surface area contributed by atoms with E-state index in [0.29, 0.717) is 5.41 Å². The average Bonchev–Trinajstić information content (AvgIpc) is 2.11. The second kappa shape index (κ2) is 4.83. The van der Waals surface area contributed by atoms with Gasteiger partial charge in [-0.1, -0.05) is 20.3 Å². The van der Waals surface area contributed by atoms with Gasteiger partial charge in [0.25, 0.3) is 0 Å². The van der Waals surface area contributed by atoms with Gasteiger partial charge in [0.15, 0.2) is 9.84 Å². The lowest BCUT2D eigenvalue weighted by Crippen LogP contribution is -2.43. The lowest BCUT2D eigenvalue weighted by atomic mass is 9.70. The van der Waals surface area contributed by atoms with Crippen molar-refractivity contribution in [3.8, 4) is 0 Å². The number of rotatable bonds is 6. The van der Waals surface area contributed by atoms with Crippen molar-refractivity contribution in [2.75, 3.05) is 18.1 Å². The molecule has 1 fully saturated rings. The summed E-state index contributed by atoms with van der Waals surface area (Å²) in [4.78, 5) is 0. The van der Waals surface area contributed by atoms with Gasteiger partial charge in [-0.15, -0.1) is 0 Å². The second-order valence-corrected chi connectivity index (χ2v) is 7.54. The first kappa shape index (κ1) is 13.0. The van der Waals surface area contributed by atoms with Crippen LogP contribution in [0.3, 0.4) is 0 Å². The third-order valence-corrected chi connectivity index (χ3v) is 5.27. The van der Waals surface area contributed by atoms with Crippen molar-refractivity contribution >= 4 is 9.84 Å². The molecular formula is C11H23NO2S. The smallest absolute Gasteiger partial charge is 0.151 e. The summed E-state index contributed by atoms with van der Waals surface area (Å²) in [5, 5.41) is 3.34. The maximum Gasteiger partial charge on any atom is 0.151 e. The normalized spacial score (nSPS) is 22.1. The van der Waals surface area contributed by atoms with E-state index >= 15 is 0 Å². The summed E-state index contributed by atoms with van der Waals surface area (Å²) in [6.07, 6.45) is 3.86. The zero-order valence-corrected chi connectivity index (χ0v) is 10.9. The van der Waals surface area contributed by atoms with Crippen molar-refractivity contribution in [2.24, 2.45) is 5.41 Å². The molecule has 0 radical (unpaired) electrons. The monoisotopic (exact) mass is 233 g/mol. The molecule has 0 aliphatic heterocycles. The van der Waals surface area contributed by atoms with Gasteiger partial charge in [-0.05, 0) is 25.2 Å². The van der Waals surface area contributed by atoms with Crippen LogP contribution in [0.25, 0.3) is 0 Å². The first-order valence-electron chi connectivity index (χ1n) is 5.81. The summed E-state index contributed by atoms with van der Waals surface area (Å²) in [7, 11) is -2.84. The fraction of sp³-hybridized carbons (Fsp3) is 1.00. The summed E-state index contributed by atoms with van der Waals surface area (Å²) >= 11 is 0. The van der Waals surface area contributed by atoms with E-state index in [9.17, 15) is 8.42 Å². The highest BCUT2D eigenvalue weighted by molar-refractivity contribution is 7.91. The zero-order valence-electron chi connectivity index (χ0n) is 10.0. The maximum atomic E-state index is 11.4. The Labute approximate surface area is 93.6 Å². The van der Waals surface area contributed by atoms with Crippen LogP contribution in [0.4, 0.5) is 0 Å². The molecule has 90 valence electrons. The predicted molar refractivity (Wildman–Crippen MR) is 63.8 cm³/mol. The second-order valence-electron chi connectivity index (χ2n) is 5.15. The topological polar surface area (TPSA) is 46.2 Å². The lowest BCUT2D eigenvalue weighted by molar-refractivity contribution is 0.153. The van der Waals surface area contributed by atoms with Gasteiger partial charge in [0.1, 0.15) is 0 Å². The van der Waals surface area contributed by atoms with Gasteiger partial charge in [0.05, 0.1) is 5.75 Å². The molecule has 0 spiro atoms. The van der Waals surface area contributed by atoms with E-state index in [0.717, 1.165) is 6.54 Å². The first-order valence-corrected chi connectivity index (χ1v) is 7.63. The van der Waals surface area contributed by atoms with E-state index in [1.165, 1.54) is 19.3 Å². The molecule has 0 aromatic heterocycles. The van der Waals surface area contributed by atoms with Gasteiger partial charge in [-0.2, -0.15) is 0 Å². The fourth-order valence-electron chi connectivity index (χ4n) is 1.94. The first-order chi connectivity index (χ1) is 6.87. The molecule has 0 aromatic carbocycles. The largest absolute Gasteiger partial charge is 0.313 e. The number of sulfone groups is 1. The molecule has 1 atom stereocenters. The van der Waals surface area contributed by atoms with Crippen LogP contribution in [0.5, 0.6) is 0 Å².